The van der Waals surface area contributed by atoms with Crippen molar-refractivity contribution in [2.75, 3.05) is 18.5 Å². The zero-order valence-electron chi connectivity index (χ0n) is 10.9. The number of aliphatic hydroxyl groups excluding tert-OH is 1. The fourth-order valence-corrected chi connectivity index (χ4v) is 2.23. The van der Waals surface area contributed by atoms with E-state index < -0.39 is 0 Å². The first kappa shape index (κ1) is 14.2. The fourth-order valence-electron chi connectivity index (χ4n) is 1.91. The van der Waals surface area contributed by atoms with Gasteiger partial charge in [-0.1, -0.05) is 6.92 Å². The molecule has 0 saturated carbocycles. The van der Waals surface area contributed by atoms with Crippen LogP contribution in [0.15, 0.2) is 29.0 Å². The number of pyridine rings is 2. The van der Waals surface area contributed by atoms with Gasteiger partial charge in [-0.15, -0.1) is 0 Å². The van der Waals surface area contributed by atoms with Crippen LogP contribution in [0.3, 0.4) is 0 Å². The summed E-state index contributed by atoms with van der Waals surface area (Å²) in [4.78, 5) is 8.71. The van der Waals surface area contributed by atoms with Crippen LogP contribution in [0.5, 0.6) is 0 Å². The highest BCUT2D eigenvalue weighted by molar-refractivity contribution is 9.10. The topological polar surface area (TPSA) is 58.0 Å². The van der Waals surface area contributed by atoms with E-state index in [-0.39, 0.29) is 6.61 Å². The maximum absolute atomic E-state index is 8.98. The molecular weight excluding hydrogens is 306 g/mol. The number of aromatic nitrogens is 2. The van der Waals surface area contributed by atoms with Crippen LogP contribution in [0.25, 0.3) is 11.0 Å². The van der Waals surface area contributed by atoms with Crippen molar-refractivity contribution in [3.63, 3.8) is 0 Å². The summed E-state index contributed by atoms with van der Waals surface area (Å²) < 4.78 is 0.932. The third-order valence-corrected chi connectivity index (χ3v) is 3.48. The largest absolute Gasteiger partial charge is 0.396 e. The second kappa shape index (κ2) is 6.82. The third-order valence-electron chi connectivity index (χ3n) is 3.04. The van der Waals surface area contributed by atoms with Crippen molar-refractivity contribution in [1.82, 2.24) is 9.97 Å². The normalized spacial score (nSPS) is 12.6. The minimum absolute atomic E-state index is 0.258. The molecule has 1 atom stereocenters. The molecule has 2 aromatic heterocycles. The smallest absolute Gasteiger partial charge is 0.112 e. The molecule has 2 N–H and O–H groups in total. The number of hydrogen-bond acceptors (Lipinski definition) is 4. The van der Waals surface area contributed by atoms with Crippen LogP contribution >= 0.6 is 15.9 Å². The van der Waals surface area contributed by atoms with Gasteiger partial charge in [0.25, 0.3) is 0 Å². The van der Waals surface area contributed by atoms with Gasteiger partial charge in [-0.2, -0.15) is 0 Å². The fraction of sp³-hybridized carbons (Fsp3) is 0.429. The lowest BCUT2D eigenvalue weighted by atomic mass is 10.1. The number of aliphatic hydroxyl groups is 1. The van der Waals surface area contributed by atoms with Crippen molar-refractivity contribution in [2.24, 2.45) is 5.92 Å². The number of nitrogens with one attached hydrogen (secondary N) is 1. The lowest BCUT2D eigenvalue weighted by Crippen LogP contribution is -2.07. The van der Waals surface area contributed by atoms with Gasteiger partial charge in [-0.05, 0) is 46.8 Å². The first-order valence-corrected chi connectivity index (χ1v) is 7.25. The van der Waals surface area contributed by atoms with Gasteiger partial charge in [0.1, 0.15) is 5.52 Å². The Balaban J connectivity index is 2.01. The lowest BCUT2D eigenvalue weighted by molar-refractivity contribution is 0.229. The summed E-state index contributed by atoms with van der Waals surface area (Å²) in [5.74, 6) is 0.366. The molecule has 2 aromatic rings. The molecule has 102 valence electrons. The number of hydrogen-bond donors (Lipinski definition) is 2. The molecule has 0 aliphatic heterocycles. The predicted molar refractivity (Wildman–Crippen MR) is 81.2 cm³/mol. The maximum atomic E-state index is 8.98. The highest BCUT2D eigenvalue weighted by Gasteiger charge is 2.04. The first-order valence-electron chi connectivity index (χ1n) is 6.45. The van der Waals surface area contributed by atoms with E-state index in [9.17, 15) is 0 Å². The summed E-state index contributed by atoms with van der Waals surface area (Å²) in [7, 11) is 0. The molecule has 2 heterocycles. The SMILES string of the molecule is CC(CO)CCCNc1ccnc2cc(Br)cnc12. The Labute approximate surface area is 121 Å². The molecule has 1 unspecified atom stereocenters. The lowest BCUT2D eigenvalue weighted by Gasteiger charge is -2.10. The molecule has 0 saturated heterocycles. The van der Waals surface area contributed by atoms with E-state index in [1.165, 1.54) is 0 Å². The minimum Gasteiger partial charge on any atom is -0.396 e. The van der Waals surface area contributed by atoms with Crippen LogP contribution in [-0.4, -0.2) is 28.2 Å². The molecule has 0 spiro atoms. The van der Waals surface area contributed by atoms with Gasteiger partial charge in [-0.25, -0.2) is 0 Å². The van der Waals surface area contributed by atoms with Gasteiger partial charge >= 0.3 is 0 Å². The molecule has 5 heteroatoms. The molecule has 0 aliphatic carbocycles. The van der Waals surface area contributed by atoms with E-state index in [0.717, 1.165) is 40.6 Å². The number of halogens is 1. The molecule has 2 rings (SSSR count). The van der Waals surface area contributed by atoms with Crippen molar-refractivity contribution in [1.29, 1.82) is 0 Å². The van der Waals surface area contributed by atoms with Crippen LogP contribution < -0.4 is 5.32 Å². The summed E-state index contributed by atoms with van der Waals surface area (Å²) in [5.41, 5.74) is 2.78. The second-order valence-corrected chi connectivity index (χ2v) is 5.65. The Bertz CT molecular complexity index is 547. The van der Waals surface area contributed by atoms with E-state index in [0.29, 0.717) is 5.92 Å². The van der Waals surface area contributed by atoms with Gasteiger partial charge in [-0.3, -0.25) is 9.97 Å². The number of nitrogens with zero attached hydrogens (tertiary/aromatic N) is 2. The number of anilines is 1. The zero-order chi connectivity index (χ0) is 13.7. The monoisotopic (exact) mass is 323 g/mol. The van der Waals surface area contributed by atoms with E-state index in [2.05, 4.69) is 38.1 Å². The first-order chi connectivity index (χ1) is 9.20. The van der Waals surface area contributed by atoms with E-state index in [4.69, 9.17) is 5.11 Å². The standard InChI is InChI=1S/C14H18BrN3O/c1-10(9-19)3-2-5-16-12-4-6-17-13-7-11(15)8-18-14(12)13/h4,6-8,10,19H,2-3,5,9H2,1H3,(H,16,17). The van der Waals surface area contributed by atoms with Crippen molar-refractivity contribution >= 4 is 32.7 Å². The Hall–Kier alpha value is -1.20. The molecular formula is C14H18BrN3O. The van der Waals surface area contributed by atoms with Gasteiger partial charge in [0, 0.05) is 30.0 Å². The Kier molecular flexibility index (Phi) is 5.10. The molecule has 19 heavy (non-hydrogen) atoms. The van der Waals surface area contributed by atoms with E-state index in [1.54, 1.807) is 12.4 Å². The van der Waals surface area contributed by atoms with Crippen LogP contribution in [0.4, 0.5) is 5.69 Å². The molecule has 0 fully saturated rings. The van der Waals surface area contributed by atoms with Crippen molar-refractivity contribution < 1.29 is 5.11 Å². The van der Waals surface area contributed by atoms with Crippen LogP contribution in [0, 0.1) is 5.92 Å². The molecule has 0 aromatic carbocycles. The highest BCUT2D eigenvalue weighted by atomic mass is 79.9. The zero-order valence-corrected chi connectivity index (χ0v) is 12.5. The Morgan fingerprint density at radius 1 is 1.42 bits per heavy atom. The van der Waals surface area contributed by atoms with Crippen molar-refractivity contribution in [3.8, 4) is 0 Å². The van der Waals surface area contributed by atoms with Crippen LogP contribution in [0.2, 0.25) is 0 Å². The maximum Gasteiger partial charge on any atom is 0.112 e. The Morgan fingerprint density at radius 2 is 2.26 bits per heavy atom. The van der Waals surface area contributed by atoms with E-state index in [1.807, 2.05) is 12.1 Å². The molecule has 4 nitrogen and oxygen atoms in total. The summed E-state index contributed by atoms with van der Waals surface area (Å²) >= 11 is 3.40. The van der Waals surface area contributed by atoms with Gasteiger partial charge in [0.05, 0.1) is 11.2 Å². The minimum atomic E-state index is 0.258. The predicted octanol–water partition coefficient (Wildman–Crippen LogP) is 3.21. The summed E-state index contributed by atoms with van der Waals surface area (Å²) in [6.07, 6.45) is 5.62. The number of rotatable bonds is 6. The number of fused-ring (bicyclic) bond motifs is 1. The molecule has 0 aliphatic rings. The van der Waals surface area contributed by atoms with Gasteiger partial charge in [0.15, 0.2) is 0 Å². The van der Waals surface area contributed by atoms with Crippen LogP contribution in [-0.2, 0) is 0 Å². The summed E-state index contributed by atoms with van der Waals surface area (Å²) in [6, 6.07) is 3.90. The average molecular weight is 324 g/mol. The highest BCUT2D eigenvalue weighted by Crippen LogP contribution is 2.22. The van der Waals surface area contributed by atoms with Gasteiger partial charge in [0.2, 0.25) is 0 Å². The summed E-state index contributed by atoms with van der Waals surface area (Å²) in [5, 5.41) is 12.4. The molecule has 0 amide bonds. The van der Waals surface area contributed by atoms with Gasteiger partial charge < -0.3 is 10.4 Å². The van der Waals surface area contributed by atoms with Crippen molar-refractivity contribution in [2.45, 2.75) is 19.8 Å². The molecule has 0 radical (unpaired) electrons. The second-order valence-electron chi connectivity index (χ2n) is 4.74. The van der Waals surface area contributed by atoms with Crippen LogP contribution in [0.1, 0.15) is 19.8 Å². The Morgan fingerprint density at radius 3 is 3.05 bits per heavy atom. The summed E-state index contributed by atoms with van der Waals surface area (Å²) in [6.45, 7) is 3.19. The molecule has 0 bridgehead atoms. The third kappa shape index (κ3) is 3.88. The van der Waals surface area contributed by atoms with Crippen molar-refractivity contribution in [3.05, 3.63) is 29.0 Å². The quantitative estimate of drug-likeness (QED) is 0.801. The average Bonchev–Trinajstić information content (AvgIpc) is 2.42. The van der Waals surface area contributed by atoms with E-state index >= 15 is 0 Å².